The van der Waals surface area contributed by atoms with Crippen molar-refractivity contribution in [2.75, 3.05) is 0 Å². The first-order chi connectivity index (χ1) is 7.50. The Morgan fingerprint density at radius 1 is 1.50 bits per heavy atom. The summed E-state index contributed by atoms with van der Waals surface area (Å²) in [4.78, 5) is 19.9. The number of fused-ring (bicyclic) bond motifs is 1. The van der Waals surface area contributed by atoms with Crippen LogP contribution in [-0.4, -0.2) is 20.8 Å². The molecule has 0 spiro atoms. The van der Waals surface area contributed by atoms with E-state index in [1.807, 2.05) is 0 Å². The van der Waals surface area contributed by atoms with Gasteiger partial charge in [0, 0.05) is 12.5 Å². The predicted molar refractivity (Wildman–Crippen MR) is 58.1 cm³/mol. The molecular formula is C11H12N2O3. The van der Waals surface area contributed by atoms with E-state index in [1.165, 1.54) is 18.0 Å². The van der Waals surface area contributed by atoms with Gasteiger partial charge in [0.2, 0.25) is 0 Å². The van der Waals surface area contributed by atoms with Crippen molar-refractivity contribution in [3.05, 3.63) is 23.5 Å². The number of imidazole rings is 1. The van der Waals surface area contributed by atoms with Gasteiger partial charge in [-0.15, -0.1) is 0 Å². The average molecular weight is 220 g/mol. The molecule has 5 nitrogen and oxygen atoms in total. The summed E-state index contributed by atoms with van der Waals surface area (Å²) < 4.78 is 1.30. The van der Waals surface area contributed by atoms with E-state index in [1.54, 1.807) is 19.9 Å². The van der Waals surface area contributed by atoms with Gasteiger partial charge in [0.25, 0.3) is 0 Å². The molecule has 5 heteroatoms. The summed E-state index contributed by atoms with van der Waals surface area (Å²) in [6.45, 7) is 4.88. The molecule has 0 aliphatic carbocycles. The maximum atomic E-state index is 10.9. The molecule has 1 aromatic heterocycles. The Morgan fingerprint density at radius 2 is 2.19 bits per heavy atom. The lowest BCUT2D eigenvalue weighted by molar-refractivity contribution is -0.141. The molecule has 84 valence electrons. The molecule has 2 aromatic rings. The van der Waals surface area contributed by atoms with Gasteiger partial charge in [-0.25, -0.2) is 9.78 Å². The highest BCUT2D eigenvalue weighted by molar-refractivity contribution is 5.83. The van der Waals surface area contributed by atoms with Gasteiger partial charge in [-0.1, -0.05) is 0 Å². The largest absolute Gasteiger partial charge is 0.507 e. The third-order valence-corrected chi connectivity index (χ3v) is 2.44. The lowest BCUT2D eigenvalue weighted by Crippen LogP contribution is -2.15. The fourth-order valence-corrected chi connectivity index (χ4v) is 1.66. The highest BCUT2D eigenvalue weighted by Crippen LogP contribution is 2.28. The number of rotatable bonds is 1. The van der Waals surface area contributed by atoms with E-state index in [0.717, 1.165) is 5.56 Å². The number of phenols is 1. The topological polar surface area (TPSA) is 64.4 Å². The molecule has 0 aliphatic rings. The zero-order valence-electron chi connectivity index (χ0n) is 9.31. The fraction of sp³-hybridized carbons (Fsp3) is 0.273. The minimum Gasteiger partial charge on any atom is -0.507 e. The molecule has 16 heavy (non-hydrogen) atoms. The Balaban J connectivity index is 2.69. The Kier molecular flexibility index (Phi) is 2.30. The first-order valence-electron chi connectivity index (χ1n) is 4.86. The summed E-state index contributed by atoms with van der Waals surface area (Å²) in [5.41, 5.74) is 2.70. The van der Waals surface area contributed by atoms with E-state index in [4.69, 9.17) is 4.84 Å². The zero-order chi connectivity index (χ0) is 11.9. The standard InChI is InChI=1S/C11H12N2O3/c1-6-4-9-10(7(2)11(6)15)12-5-13(9)16-8(3)14/h4-5,15H,1-3H3. The number of carbonyl (C=O) groups is 1. The van der Waals surface area contributed by atoms with Crippen LogP contribution in [0.25, 0.3) is 11.0 Å². The summed E-state index contributed by atoms with van der Waals surface area (Å²) in [6, 6.07) is 1.73. The number of aromatic hydroxyl groups is 1. The van der Waals surface area contributed by atoms with E-state index < -0.39 is 5.97 Å². The molecule has 1 aromatic carbocycles. The van der Waals surface area contributed by atoms with Crippen LogP contribution < -0.4 is 4.84 Å². The number of nitrogens with zero attached hydrogens (tertiary/aromatic N) is 2. The van der Waals surface area contributed by atoms with Crippen LogP contribution in [0, 0.1) is 13.8 Å². The van der Waals surface area contributed by atoms with E-state index in [2.05, 4.69) is 4.98 Å². The molecular weight excluding hydrogens is 208 g/mol. The monoisotopic (exact) mass is 220 g/mol. The normalized spacial score (nSPS) is 10.7. The van der Waals surface area contributed by atoms with Crippen molar-refractivity contribution < 1.29 is 14.7 Å². The van der Waals surface area contributed by atoms with Gasteiger partial charge in [-0.05, 0) is 25.5 Å². The second-order valence-corrected chi connectivity index (χ2v) is 3.69. The van der Waals surface area contributed by atoms with Gasteiger partial charge < -0.3 is 9.94 Å². The van der Waals surface area contributed by atoms with Gasteiger partial charge in [-0.3, -0.25) is 0 Å². The van der Waals surface area contributed by atoms with Crippen molar-refractivity contribution in [2.24, 2.45) is 0 Å². The van der Waals surface area contributed by atoms with Crippen molar-refractivity contribution in [3.8, 4) is 5.75 Å². The third kappa shape index (κ3) is 1.50. The predicted octanol–water partition coefficient (Wildman–Crippen LogP) is 1.33. The molecule has 0 unspecified atom stereocenters. The van der Waals surface area contributed by atoms with Gasteiger partial charge in [0.15, 0.2) is 0 Å². The average Bonchev–Trinajstić information content (AvgIpc) is 2.58. The van der Waals surface area contributed by atoms with E-state index in [9.17, 15) is 9.90 Å². The Morgan fingerprint density at radius 3 is 2.81 bits per heavy atom. The smallest absolute Gasteiger partial charge is 0.329 e. The molecule has 0 amide bonds. The van der Waals surface area contributed by atoms with Crippen LogP contribution in [0.15, 0.2) is 12.4 Å². The second kappa shape index (κ2) is 3.52. The summed E-state index contributed by atoms with van der Waals surface area (Å²) in [5, 5.41) is 9.74. The van der Waals surface area contributed by atoms with Crippen molar-refractivity contribution >= 4 is 17.0 Å². The first-order valence-corrected chi connectivity index (χ1v) is 4.86. The minimum atomic E-state index is -0.414. The van der Waals surface area contributed by atoms with Crippen LogP contribution in [-0.2, 0) is 4.79 Å². The van der Waals surface area contributed by atoms with Crippen LogP contribution in [0.1, 0.15) is 18.1 Å². The highest BCUT2D eigenvalue weighted by atomic mass is 16.7. The molecule has 1 N–H and O–H groups in total. The minimum absolute atomic E-state index is 0.223. The van der Waals surface area contributed by atoms with Crippen molar-refractivity contribution in [1.29, 1.82) is 0 Å². The van der Waals surface area contributed by atoms with Gasteiger partial charge in [0.05, 0.1) is 5.52 Å². The lowest BCUT2D eigenvalue weighted by atomic mass is 10.1. The number of aryl methyl sites for hydroxylation is 2. The van der Waals surface area contributed by atoms with Crippen LogP contribution in [0.5, 0.6) is 5.75 Å². The van der Waals surface area contributed by atoms with Crippen LogP contribution in [0.3, 0.4) is 0 Å². The van der Waals surface area contributed by atoms with Crippen molar-refractivity contribution in [1.82, 2.24) is 9.71 Å². The molecule has 0 saturated carbocycles. The van der Waals surface area contributed by atoms with Crippen LogP contribution in [0.4, 0.5) is 0 Å². The molecule has 0 bridgehead atoms. The Labute approximate surface area is 92.2 Å². The SMILES string of the molecule is CC(=O)On1cnc2c(C)c(O)c(C)cc21. The van der Waals surface area contributed by atoms with Crippen molar-refractivity contribution in [2.45, 2.75) is 20.8 Å². The Hall–Kier alpha value is -2.04. The summed E-state index contributed by atoms with van der Waals surface area (Å²) >= 11 is 0. The van der Waals surface area contributed by atoms with Crippen LogP contribution >= 0.6 is 0 Å². The molecule has 0 radical (unpaired) electrons. The van der Waals surface area contributed by atoms with Crippen LogP contribution in [0.2, 0.25) is 0 Å². The number of aromatic nitrogens is 2. The number of benzene rings is 1. The number of hydrogen-bond acceptors (Lipinski definition) is 4. The fourth-order valence-electron chi connectivity index (χ4n) is 1.66. The maximum absolute atomic E-state index is 10.9. The molecule has 0 atom stereocenters. The van der Waals surface area contributed by atoms with Gasteiger partial charge >= 0.3 is 5.97 Å². The van der Waals surface area contributed by atoms with Gasteiger partial charge in [0.1, 0.15) is 17.6 Å². The summed E-state index contributed by atoms with van der Waals surface area (Å²) in [7, 11) is 0. The number of hydrogen-bond donors (Lipinski definition) is 1. The highest BCUT2D eigenvalue weighted by Gasteiger charge is 2.12. The Bertz CT molecular complexity index is 572. The molecule has 1 heterocycles. The molecule has 0 saturated heterocycles. The lowest BCUT2D eigenvalue weighted by Gasteiger charge is -2.06. The molecule has 2 rings (SSSR count). The first kappa shape index (κ1) is 10.5. The summed E-state index contributed by atoms with van der Waals surface area (Å²) in [5.74, 6) is -0.191. The second-order valence-electron chi connectivity index (χ2n) is 3.69. The zero-order valence-corrected chi connectivity index (χ0v) is 9.31. The van der Waals surface area contributed by atoms with E-state index in [-0.39, 0.29) is 5.75 Å². The van der Waals surface area contributed by atoms with E-state index >= 15 is 0 Å². The quantitative estimate of drug-likeness (QED) is 0.787. The number of phenolic OH excluding ortho intramolecular Hbond substituents is 1. The summed E-state index contributed by atoms with van der Waals surface area (Å²) in [6.07, 6.45) is 1.41. The molecule has 0 aliphatic heterocycles. The van der Waals surface area contributed by atoms with E-state index in [0.29, 0.717) is 16.6 Å². The van der Waals surface area contributed by atoms with Crippen molar-refractivity contribution in [3.63, 3.8) is 0 Å². The number of carbonyl (C=O) groups excluding carboxylic acids is 1. The third-order valence-electron chi connectivity index (χ3n) is 2.44. The molecule has 0 fully saturated rings. The van der Waals surface area contributed by atoms with Gasteiger partial charge in [-0.2, -0.15) is 4.73 Å². The maximum Gasteiger partial charge on any atom is 0.329 e.